The minimum absolute atomic E-state index is 0.0808. The van der Waals surface area contributed by atoms with Crippen LogP contribution in [0.25, 0.3) is 0 Å². The molecule has 2 N–H and O–H groups in total. The molecule has 1 amide bonds. The molecule has 104 valence electrons. The first kappa shape index (κ1) is 14.3. The maximum atomic E-state index is 11.7. The summed E-state index contributed by atoms with van der Waals surface area (Å²) in [5, 5.41) is 8.24. The van der Waals surface area contributed by atoms with Gasteiger partial charge in [-0.05, 0) is 42.6 Å². The van der Waals surface area contributed by atoms with E-state index in [0.717, 1.165) is 5.69 Å². The predicted molar refractivity (Wildman–Crippen MR) is 85.3 cm³/mol. The summed E-state index contributed by atoms with van der Waals surface area (Å²) in [5.41, 5.74) is 1.66. The summed E-state index contributed by atoms with van der Waals surface area (Å²) in [6, 6.07) is 11.9. The quantitative estimate of drug-likeness (QED) is 0.792. The lowest BCUT2D eigenvalue weighted by atomic mass is 10.1. The van der Waals surface area contributed by atoms with E-state index in [1.54, 1.807) is 17.4 Å². The SMILES string of the molecule is C=CCNC(=O)c1ccc(NC(C)c2cccs2)cc1. The number of carbonyl (C=O) groups excluding carboxylic acids is 1. The Labute approximate surface area is 123 Å². The second-order valence-electron chi connectivity index (χ2n) is 4.46. The number of carbonyl (C=O) groups is 1. The standard InChI is InChI=1S/C16H18N2OS/c1-3-10-17-16(19)13-6-8-14(9-7-13)18-12(2)15-5-4-11-20-15/h3-9,11-12,18H,1,10H2,2H3,(H,17,19). The largest absolute Gasteiger partial charge is 0.378 e. The monoisotopic (exact) mass is 286 g/mol. The Hall–Kier alpha value is -2.07. The Morgan fingerprint density at radius 1 is 1.35 bits per heavy atom. The van der Waals surface area contributed by atoms with Crippen molar-refractivity contribution in [1.82, 2.24) is 5.32 Å². The minimum atomic E-state index is -0.0808. The zero-order chi connectivity index (χ0) is 14.4. The molecular weight excluding hydrogens is 268 g/mol. The maximum Gasteiger partial charge on any atom is 0.251 e. The molecule has 4 heteroatoms. The molecule has 0 radical (unpaired) electrons. The Bertz CT molecular complexity index is 561. The lowest BCUT2D eigenvalue weighted by molar-refractivity contribution is 0.0958. The van der Waals surface area contributed by atoms with E-state index in [1.807, 2.05) is 30.3 Å². The Kier molecular flexibility index (Phi) is 4.96. The van der Waals surface area contributed by atoms with Crippen molar-refractivity contribution in [3.05, 3.63) is 64.9 Å². The molecular formula is C16H18N2OS. The summed E-state index contributed by atoms with van der Waals surface area (Å²) in [6.45, 7) is 6.18. The third kappa shape index (κ3) is 3.71. The highest BCUT2D eigenvalue weighted by Gasteiger charge is 2.07. The van der Waals surface area contributed by atoms with Crippen LogP contribution in [0.3, 0.4) is 0 Å². The normalized spacial score (nSPS) is 11.7. The van der Waals surface area contributed by atoms with E-state index in [9.17, 15) is 4.79 Å². The Morgan fingerprint density at radius 3 is 2.70 bits per heavy atom. The van der Waals surface area contributed by atoms with Crippen LogP contribution < -0.4 is 10.6 Å². The van der Waals surface area contributed by atoms with Gasteiger partial charge in [0.25, 0.3) is 5.91 Å². The first-order valence-electron chi connectivity index (χ1n) is 6.50. The van der Waals surface area contributed by atoms with Crippen LogP contribution >= 0.6 is 11.3 Å². The summed E-state index contributed by atoms with van der Waals surface area (Å²) in [4.78, 5) is 13.0. The third-order valence-electron chi connectivity index (χ3n) is 2.91. The number of rotatable bonds is 6. The van der Waals surface area contributed by atoms with Gasteiger partial charge in [-0.1, -0.05) is 12.1 Å². The summed E-state index contributed by atoms with van der Waals surface area (Å²) in [7, 11) is 0. The third-order valence-corrected chi connectivity index (χ3v) is 3.96. The van der Waals surface area contributed by atoms with E-state index in [-0.39, 0.29) is 11.9 Å². The minimum Gasteiger partial charge on any atom is -0.378 e. The number of anilines is 1. The van der Waals surface area contributed by atoms with Crippen LogP contribution in [0.5, 0.6) is 0 Å². The van der Waals surface area contributed by atoms with Gasteiger partial charge in [0.05, 0.1) is 6.04 Å². The molecule has 0 aliphatic rings. The second-order valence-corrected chi connectivity index (χ2v) is 5.44. The van der Waals surface area contributed by atoms with Crippen LogP contribution in [0.2, 0.25) is 0 Å². The highest BCUT2D eigenvalue weighted by molar-refractivity contribution is 7.10. The van der Waals surface area contributed by atoms with Crippen LogP contribution in [0.1, 0.15) is 28.2 Å². The van der Waals surface area contributed by atoms with E-state index in [2.05, 4.69) is 35.6 Å². The fraction of sp³-hybridized carbons (Fsp3) is 0.188. The number of amides is 1. The van der Waals surface area contributed by atoms with E-state index >= 15 is 0 Å². The number of nitrogens with one attached hydrogen (secondary N) is 2. The van der Waals surface area contributed by atoms with E-state index in [4.69, 9.17) is 0 Å². The van der Waals surface area contributed by atoms with Crippen molar-refractivity contribution in [3.8, 4) is 0 Å². The summed E-state index contributed by atoms with van der Waals surface area (Å²) < 4.78 is 0. The zero-order valence-corrected chi connectivity index (χ0v) is 12.2. The van der Waals surface area contributed by atoms with Crippen molar-refractivity contribution >= 4 is 22.9 Å². The van der Waals surface area contributed by atoms with Crippen molar-refractivity contribution in [2.45, 2.75) is 13.0 Å². The lowest BCUT2D eigenvalue weighted by Gasteiger charge is -2.14. The van der Waals surface area contributed by atoms with Crippen molar-refractivity contribution < 1.29 is 4.79 Å². The molecule has 0 aliphatic carbocycles. The topological polar surface area (TPSA) is 41.1 Å². The highest BCUT2D eigenvalue weighted by atomic mass is 32.1. The summed E-state index contributed by atoms with van der Waals surface area (Å²) in [6.07, 6.45) is 1.66. The van der Waals surface area contributed by atoms with Gasteiger partial charge in [0, 0.05) is 22.7 Å². The number of benzene rings is 1. The number of thiophene rings is 1. The van der Waals surface area contributed by atoms with Crippen LogP contribution in [-0.2, 0) is 0 Å². The zero-order valence-electron chi connectivity index (χ0n) is 11.4. The van der Waals surface area contributed by atoms with E-state index in [0.29, 0.717) is 12.1 Å². The summed E-state index contributed by atoms with van der Waals surface area (Å²) in [5.74, 6) is -0.0808. The Morgan fingerprint density at radius 2 is 2.10 bits per heavy atom. The van der Waals surface area contributed by atoms with Crippen LogP contribution in [0, 0.1) is 0 Å². The molecule has 0 saturated carbocycles. The van der Waals surface area contributed by atoms with Crippen molar-refractivity contribution in [3.63, 3.8) is 0 Å². The van der Waals surface area contributed by atoms with Gasteiger partial charge in [0.1, 0.15) is 0 Å². The first-order valence-corrected chi connectivity index (χ1v) is 7.38. The lowest BCUT2D eigenvalue weighted by Crippen LogP contribution is -2.23. The van der Waals surface area contributed by atoms with Gasteiger partial charge >= 0.3 is 0 Å². The molecule has 2 rings (SSSR count). The van der Waals surface area contributed by atoms with Gasteiger partial charge in [-0.15, -0.1) is 17.9 Å². The molecule has 0 saturated heterocycles. The average Bonchev–Trinajstić information content (AvgIpc) is 3.00. The van der Waals surface area contributed by atoms with Crippen molar-refractivity contribution in [1.29, 1.82) is 0 Å². The smallest absolute Gasteiger partial charge is 0.251 e. The number of hydrogen-bond donors (Lipinski definition) is 2. The average molecular weight is 286 g/mol. The molecule has 1 aromatic heterocycles. The molecule has 3 nitrogen and oxygen atoms in total. The molecule has 0 fully saturated rings. The van der Waals surface area contributed by atoms with Gasteiger partial charge in [0.15, 0.2) is 0 Å². The maximum absolute atomic E-state index is 11.7. The molecule has 0 spiro atoms. The summed E-state index contributed by atoms with van der Waals surface area (Å²) >= 11 is 1.73. The fourth-order valence-electron chi connectivity index (χ4n) is 1.84. The molecule has 20 heavy (non-hydrogen) atoms. The first-order chi connectivity index (χ1) is 9.70. The second kappa shape index (κ2) is 6.91. The molecule has 1 heterocycles. The fourth-order valence-corrected chi connectivity index (χ4v) is 2.58. The molecule has 1 atom stereocenters. The molecule has 2 aromatic rings. The van der Waals surface area contributed by atoms with Gasteiger partial charge in [0.2, 0.25) is 0 Å². The number of hydrogen-bond acceptors (Lipinski definition) is 3. The molecule has 0 aliphatic heterocycles. The van der Waals surface area contributed by atoms with Gasteiger partial charge in [-0.3, -0.25) is 4.79 Å². The van der Waals surface area contributed by atoms with E-state index < -0.39 is 0 Å². The Balaban J connectivity index is 1.97. The van der Waals surface area contributed by atoms with Crippen LogP contribution in [0.15, 0.2) is 54.4 Å². The predicted octanol–water partition coefficient (Wildman–Crippen LogP) is 3.84. The van der Waals surface area contributed by atoms with Crippen molar-refractivity contribution in [2.24, 2.45) is 0 Å². The molecule has 1 unspecified atom stereocenters. The highest BCUT2D eigenvalue weighted by Crippen LogP contribution is 2.23. The van der Waals surface area contributed by atoms with Crippen molar-refractivity contribution in [2.75, 3.05) is 11.9 Å². The molecule has 0 bridgehead atoms. The van der Waals surface area contributed by atoms with Crippen LogP contribution in [-0.4, -0.2) is 12.5 Å². The van der Waals surface area contributed by atoms with Gasteiger partial charge < -0.3 is 10.6 Å². The molecule has 1 aromatic carbocycles. The van der Waals surface area contributed by atoms with Gasteiger partial charge in [-0.2, -0.15) is 0 Å². The van der Waals surface area contributed by atoms with Crippen LogP contribution in [0.4, 0.5) is 5.69 Å². The van der Waals surface area contributed by atoms with E-state index in [1.165, 1.54) is 4.88 Å². The van der Waals surface area contributed by atoms with Gasteiger partial charge in [-0.25, -0.2) is 0 Å².